The molecule has 1 heterocycles. The molecule has 3 aromatic rings. The van der Waals surface area contributed by atoms with E-state index >= 15 is 0 Å². The van der Waals surface area contributed by atoms with Gasteiger partial charge in [-0.2, -0.15) is 0 Å². The SMILES string of the molecule is Cc1cc(=O)oc2cc(OC(=O)COc3cccc(C(C)C)c3)ccc12. The van der Waals surface area contributed by atoms with E-state index in [1.165, 1.54) is 12.1 Å². The monoisotopic (exact) mass is 352 g/mol. The maximum Gasteiger partial charge on any atom is 0.349 e. The number of carbonyl (C=O) groups excluding carboxylic acids is 1. The number of rotatable bonds is 5. The summed E-state index contributed by atoms with van der Waals surface area (Å²) < 4.78 is 15.9. The Morgan fingerprint density at radius 1 is 1.08 bits per heavy atom. The standard InChI is InChI=1S/C21H20O5/c1-13(2)15-5-4-6-16(10-15)24-12-21(23)25-17-7-8-18-14(3)9-20(22)26-19(18)11-17/h4-11,13H,12H2,1-3H3. The van der Waals surface area contributed by atoms with Gasteiger partial charge in [-0.15, -0.1) is 0 Å². The van der Waals surface area contributed by atoms with Crippen molar-refractivity contribution >= 4 is 16.9 Å². The van der Waals surface area contributed by atoms with Crippen molar-refractivity contribution in [3.8, 4) is 11.5 Å². The van der Waals surface area contributed by atoms with Gasteiger partial charge in [-0.25, -0.2) is 9.59 Å². The highest BCUT2D eigenvalue weighted by Crippen LogP contribution is 2.23. The molecule has 0 aliphatic carbocycles. The molecule has 0 fully saturated rings. The van der Waals surface area contributed by atoms with Crippen LogP contribution in [0.4, 0.5) is 0 Å². The fourth-order valence-electron chi connectivity index (χ4n) is 2.64. The third-order valence-electron chi connectivity index (χ3n) is 4.04. The maximum absolute atomic E-state index is 12.0. The Labute approximate surface area is 151 Å². The molecule has 2 aromatic carbocycles. The van der Waals surface area contributed by atoms with E-state index in [9.17, 15) is 9.59 Å². The molecule has 0 radical (unpaired) electrons. The zero-order valence-corrected chi connectivity index (χ0v) is 14.9. The minimum atomic E-state index is -0.533. The zero-order valence-electron chi connectivity index (χ0n) is 14.9. The van der Waals surface area contributed by atoms with E-state index in [-0.39, 0.29) is 6.61 Å². The third kappa shape index (κ3) is 4.11. The van der Waals surface area contributed by atoms with Crippen LogP contribution in [0, 0.1) is 6.92 Å². The summed E-state index contributed by atoms with van der Waals surface area (Å²) in [4.78, 5) is 23.5. The lowest BCUT2D eigenvalue weighted by Crippen LogP contribution is -2.17. The van der Waals surface area contributed by atoms with E-state index in [1.807, 2.05) is 25.1 Å². The lowest BCUT2D eigenvalue weighted by Gasteiger charge is -2.10. The van der Waals surface area contributed by atoms with Gasteiger partial charge >= 0.3 is 11.6 Å². The first-order valence-corrected chi connectivity index (χ1v) is 8.40. The highest BCUT2D eigenvalue weighted by atomic mass is 16.6. The summed E-state index contributed by atoms with van der Waals surface area (Å²) in [5, 5.41) is 0.797. The molecule has 0 bridgehead atoms. The van der Waals surface area contributed by atoms with Gasteiger partial charge < -0.3 is 13.9 Å². The highest BCUT2D eigenvalue weighted by Gasteiger charge is 2.10. The minimum absolute atomic E-state index is 0.211. The number of hydrogen-bond acceptors (Lipinski definition) is 5. The van der Waals surface area contributed by atoms with Crippen LogP contribution in [0.15, 0.2) is 57.7 Å². The van der Waals surface area contributed by atoms with E-state index in [0.717, 1.165) is 16.5 Å². The normalized spacial score (nSPS) is 10.9. The van der Waals surface area contributed by atoms with Gasteiger partial charge in [0.05, 0.1) is 0 Å². The van der Waals surface area contributed by atoms with Crippen LogP contribution in [-0.4, -0.2) is 12.6 Å². The molecule has 0 spiro atoms. The number of ether oxygens (including phenoxy) is 2. The Balaban J connectivity index is 1.67. The molecular weight excluding hydrogens is 332 g/mol. The Hall–Kier alpha value is -3.08. The van der Waals surface area contributed by atoms with Crippen molar-refractivity contribution in [3.05, 3.63) is 70.1 Å². The molecule has 3 rings (SSSR count). The molecule has 0 saturated carbocycles. The number of aryl methyl sites for hydroxylation is 1. The van der Waals surface area contributed by atoms with Gasteiger partial charge in [-0.1, -0.05) is 26.0 Å². The summed E-state index contributed by atoms with van der Waals surface area (Å²) in [7, 11) is 0. The Morgan fingerprint density at radius 3 is 2.65 bits per heavy atom. The van der Waals surface area contributed by atoms with Gasteiger partial charge in [0, 0.05) is 17.5 Å². The summed E-state index contributed by atoms with van der Waals surface area (Å²) in [6.07, 6.45) is 0. The Morgan fingerprint density at radius 2 is 1.88 bits per heavy atom. The van der Waals surface area contributed by atoms with Crippen LogP contribution in [0.5, 0.6) is 11.5 Å². The van der Waals surface area contributed by atoms with Crippen LogP contribution < -0.4 is 15.1 Å². The highest BCUT2D eigenvalue weighted by molar-refractivity contribution is 5.82. The molecule has 0 aliphatic rings. The first-order chi connectivity index (χ1) is 12.4. The molecule has 0 atom stereocenters. The van der Waals surface area contributed by atoms with E-state index in [1.54, 1.807) is 18.2 Å². The summed E-state index contributed by atoms with van der Waals surface area (Å²) in [6, 6.07) is 14.0. The van der Waals surface area contributed by atoms with Gasteiger partial charge in [0.25, 0.3) is 0 Å². The van der Waals surface area contributed by atoms with Crippen LogP contribution in [-0.2, 0) is 4.79 Å². The molecule has 0 unspecified atom stereocenters. The molecule has 0 saturated heterocycles. The molecule has 5 nitrogen and oxygen atoms in total. The van der Waals surface area contributed by atoms with Crippen LogP contribution in [0.25, 0.3) is 11.0 Å². The van der Waals surface area contributed by atoms with Gasteiger partial charge in [-0.3, -0.25) is 0 Å². The summed E-state index contributed by atoms with van der Waals surface area (Å²) in [5.74, 6) is 0.763. The quantitative estimate of drug-likeness (QED) is 0.391. The van der Waals surface area contributed by atoms with E-state index < -0.39 is 11.6 Å². The molecule has 0 aliphatic heterocycles. The summed E-state index contributed by atoms with van der Waals surface area (Å²) in [5.41, 5.74) is 1.89. The second-order valence-electron chi connectivity index (χ2n) is 6.40. The average Bonchev–Trinajstić information content (AvgIpc) is 2.59. The fourth-order valence-corrected chi connectivity index (χ4v) is 2.64. The first-order valence-electron chi connectivity index (χ1n) is 8.40. The minimum Gasteiger partial charge on any atom is -0.482 e. The maximum atomic E-state index is 12.0. The smallest absolute Gasteiger partial charge is 0.349 e. The molecule has 5 heteroatoms. The van der Waals surface area contributed by atoms with E-state index in [0.29, 0.717) is 23.0 Å². The van der Waals surface area contributed by atoms with E-state index in [2.05, 4.69) is 13.8 Å². The molecule has 134 valence electrons. The summed E-state index contributed by atoms with van der Waals surface area (Å²) in [6.45, 7) is 5.79. The fraction of sp³-hybridized carbons (Fsp3) is 0.238. The predicted octanol–water partition coefficient (Wildman–Crippen LogP) is 4.21. The largest absolute Gasteiger partial charge is 0.482 e. The van der Waals surface area contributed by atoms with Crippen molar-refractivity contribution in [1.29, 1.82) is 0 Å². The van der Waals surface area contributed by atoms with Crippen molar-refractivity contribution < 1.29 is 18.7 Å². The number of benzene rings is 2. The number of carbonyl (C=O) groups is 1. The predicted molar refractivity (Wildman–Crippen MR) is 98.9 cm³/mol. The third-order valence-corrected chi connectivity index (χ3v) is 4.04. The lowest BCUT2D eigenvalue weighted by atomic mass is 10.0. The first kappa shape index (κ1) is 17.7. The van der Waals surface area contributed by atoms with Crippen molar-refractivity contribution in [2.45, 2.75) is 26.7 Å². The second-order valence-corrected chi connectivity index (χ2v) is 6.40. The Bertz CT molecular complexity index is 1000. The van der Waals surface area contributed by atoms with Crippen LogP contribution in [0.1, 0.15) is 30.9 Å². The lowest BCUT2D eigenvalue weighted by molar-refractivity contribution is -0.136. The van der Waals surface area contributed by atoms with Crippen LogP contribution >= 0.6 is 0 Å². The van der Waals surface area contributed by atoms with Gasteiger partial charge in [0.2, 0.25) is 0 Å². The number of fused-ring (bicyclic) bond motifs is 1. The van der Waals surface area contributed by atoms with E-state index in [4.69, 9.17) is 13.9 Å². The Kier molecular flexibility index (Phi) is 5.07. The van der Waals surface area contributed by atoms with Gasteiger partial charge in [-0.05, 0) is 48.2 Å². The number of hydrogen-bond donors (Lipinski definition) is 0. The van der Waals surface area contributed by atoms with Crippen molar-refractivity contribution in [3.63, 3.8) is 0 Å². The molecule has 26 heavy (non-hydrogen) atoms. The van der Waals surface area contributed by atoms with Gasteiger partial charge in [0.1, 0.15) is 17.1 Å². The van der Waals surface area contributed by atoms with Crippen molar-refractivity contribution in [2.24, 2.45) is 0 Å². The molecule has 0 amide bonds. The second kappa shape index (κ2) is 7.44. The molecule has 1 aromatic heterocycles. The van der Waals surface area contributed by atoms with Crippen LogP contribution in [0.2, 0.25) is 0 Å². The molecule has 0 N–H and O–H groups in total. The molecular formula is C21H20O5. The van der Waals surface area contributed by atoms with Gasteiger partial charge in [0.15, 0.2) is 6.61 Å². The van der Waals surface area contributed by atoms with Crippen molar-refractivity contribution in [1.82, 2.24) is 0 Å². The zero-order chi connectivity index (χ0) is 18.7. The number of esters is 1. The average molecular weight is 352 g/mol. The van der Waals surface area contributed by atoms with Crippen molar-refractivity contribution in [2.75, 3.05) is 6.61 Å². The van der Waals surface area contributed by atoms with Crippen LogP contribution in [0.3, 0.4) is 0 Å². The topological polar surface area (TPSA) is 65.7 Å². The summed E-state index contributed by atoms with van der Waals surface area (Å²) >= 11 is 0.